The number of aryl methyl sites for hydroxylation is 2. The van der Waals surface area contributed by atoms with E-state index in [1.54, 1.807) is 0 Å². The molecule has 0 N–H and O–H groups in total. The molecule has 0 saturated heterocycles. The summed E-state index contributed by atoms with van der Waals surface area (Å²) in [6.07, 6.45) is 7.88. The van der Waals surface area contributed by atoms with Gasteiger partial charge in [-0.2, -0.15) is 0 Å². The summed E-state index contributed by atoms with van der Waals surface area (Å²) in [5, 5.41) is 1.39. The molecular formula is C24H25NO3S. The van der Waals surface area contributed by atoms with Gasteiger partial charge in [0.1, 0.15) is 11.5 Å². The highest BCUT2D eigenvalue weighted by atomic mass is 32.2. The van der Waals surface area contributed by atoms with Gasteiger partial charge in [0.2, 0.25) is 0 Å². The topological polar surface area (TPSA) is 46.6 Å². The van der Waals surface area contributed by atoms with Crippen LogP contribution in [0.5, 0.6) is 11.5 Å². The van der Waals surface area contributed by atoms with Gasteiger partial charge in [0.25, 0.3) is 0 Å². The van der Waals surface area contributed by atoms with Crippen LogP contribution in [0.2, 0.25) is 0 Å². The van der Waals surface area contributed by atoms with Crippen molar-refractivity contribution in [2.24, 2.45) is 0 Å². The molecular weight excluding hydrogens is 382 g/mol. The monoisotopic (exact) mass is 407 g/mol. The summed E-state index contributed by atoms with van der Waals surface area (Å²) in [6.45, 7) is 4.74. The van der Waals surface area contributed by atoms with E-state index in [1.165, 1.54) is 16.5 Å². The maximum Gasteiger partial charge on any atom is 0.175 e. The predicted octanol–water partition coefficient (Wildman–Crippen LogP) is 5.22. The standard InChI is InChI=1S/C24H25NO3S/c1-3-5-20-16-18(2)7-12-24(20)28-21-10-8-19(9-11-21)22-6-4-13-25-14-15-29(26,27)17-23(22)25/h4,6-13,16-17H,3,5,14-15H2,1-2H3. The molecule has 0 bridgehead atoms. The lowest BCUT2D eigenvalue weighted by Crippen LogP contribution is -2.30. The van der Waals surface area contributed by atoms with E-state index in [0.717, 1.165) is 41.2 Å². The molecule has 2 aromatic rings. The van der Waals surface area contributed by atoms with Gasteiger partial charge in [-0.25, -0.2) is 8.42 Å². The molecule has 29 heavy (non-hydrogen) atoms. The lowest BCUT2D eigenvalue weighted by atomic mass is 10.00. The van der Waals surface area contributed by atoms with Gasteiger partial charge in [-0.1, -0.05) is 49.2 Å². The molecule has 5 heteroatoms. The van der Waals surface area contributed by atoms with Gasteiger partial charge in [-0.15, -0.1) is 0 Å². The van der Waals surface area contributed by atoms with E-state index < -0.39 is 9.84 Å². The van der Waals surface area contributed by atoms with E-state index >= 15 is 0 Å². The van der Waals surface area contributed by atoms with Crippen molar-refractivity contribution in [1.82, 2.24) is 4.90 Å². The van der Waals surface area contributed by atoms with E-state index in [-0.39, 0.29) is 5.75 Å². The zero-order chi connectivity index (χ0) is 20.4. The van der Waals surface area contributed by atoms with Gasteiger partial charge in [0, 0.05) is 18.3 Å². The normalized spacial score (nSPS) is 17.4. The Hall–Kier alpha value is -2.79. The van der Waals surface area contributed by atoms with E-state index in [4.69, 9.17) is 4.74 Å². The number of allylic oxidation sites excluding steroid dienone is 3. The van der Waals surface area contributed by atoms with Crippen LogP contribution in [0, 0.1) is 6.92 Å². The second kappa shape index (κ2) is 7.91. The quantitative estimate of drug-likeness (QED) is 0.682. The number of nitrogens with zero attached hydrogens (tertiary/aromatic N) is 1. The van der Waals surface area contributed by atoms with Crippen molar-refractivity contribution in [3.8, 4) is 11.5 Å². The van der Waals surface area contributed by atoms with Crippen molar-refractivity contribution in [1.29, 1.82) is 0 Å². The molecule has 2 aliphatic rings. The third kappa shape index (κ3) is 4.30. The van der Waals surface area contributed by atoms with Crippen LogP contribution in [0.4, 0.5) is 0 Å². The van der Waals surface area contributed by atoms with Crippen LogP contribution < -0.4 is 4.74 Å². The van der Waals surface area contributed by atoms with E-state index in [0.29, 0.717) is 6.54 Å². The first-order valence-corrected chi connectivity index (χ1v) is 11.6. The molecule has 150 valence electrons. The van der Waals surface area contributed by atoms with Crippen molar-refractivity contribution in [3.05, 3.63) is 88.6 Å². The average molecular weight is 408 g/mol. The minimum absolute atomic E-state index is 0.150. The highest BCUT2D eigenvalue weighted by molar-refractivity contribution is 7.94. The van der Waals surface area contributed by atoms with Crippen molar-refractivity contribution >= 4 is 15.4 Å². The number of ether oxygens (including phenoxy) is 1. The van der Waals surface area contributed by atoms with Crippen molar-refractivity contribution in [2.45, 2.75) is 26.7 Å². The minimum atomic E-state index is -3.16. The summed E-state index contributed by atoms with van der Waals surface area (Å²) < 4.78 is 30.3. The molecule has 0 fully saturated rings. The number of fused-ring (bicyclic) bond motifs is 1. The zero-order valence-corrected chi connectivity index (χ0v) is 17.6. The largest absolute Gasteiger partial charge is 0.457 e. The van der Waals surface area contributed by atoms with Gasteiger partial charge in [-0.3, -0.25) is 0 Å². The smallest absolute Gasteiger partial charge is 0.175 e. The Morgan fingerprint density at radius 3 is 2.66 bits per heavy atom. The highest BCUT2D eigenvalue weighted by Crippen LogP contribution is 2.34. The fourth-order valence-electron chi connectivity index (χ4n) is 3.69. The second-order valence-electron chi connectivity index (χ2n) is 7.47. The first-order valence-electron chi connectivity index (χ1n) is 9.93. The number of sulfone groups is 1. The predicted molar refractivity (Wildman–Crippen MR) is 117 cm³/mol. The van der Waals surface area contributed by atoms with Crippen LogP contribution in [-0.4, -0.2) is 25.6 Å². The van der Waals surface area contributed by atoms with Crippen LogP contribution in [0.1, 0.15) is 30.0 Å². The van der Waals surface area contributed by atoms with Crippen LogP contribution in [0.15, 0.2) is 71.9 Å². The van der Waals surface area contributed by atoms with Crippen LogP contribution in [0.25, 0.3) is 5.57 Å². The summed E-state index contributed by atoms with van der Waals surface area (Å²) in [5.41, 5.74) is 5.05. The van der Waals surface area contributed by atoms with E-state index in [9.17, 15) is 8.42 Å². The number of hydrogen-bond acceptors (Lipinski definition) is 4. The van der Waals surface area contributed by atoms with Crippen LogP contribution in [0.3, 0.4) is 0 Å². The van der Waals surface area contributed by atoms with Crippen molar-refractivity contribution in [2.75, 3.05) is 12.3 Å². The summed E-state index contributed by atoms with van der Waals surface area (Å²) in [5.74, 6) is 1.80. The van der Waals surface area contributed by atoms with Crippen LogP contribution >= 0.6 is 0 Å². The third-order valence-electron chi connectivity index (χ3n) is 5.15. The van der Waals surface area contributed by atoms with Crippen molar-refractivity contribution in [3.63, 3.8) is 0 Å². The van der Waals surface area contributed by atoms with E-state index in [2.05, 4.69) is 26.0 Å². The molecule has 0 saturated carbocycles. The van der Waals surface area contributed by atoms with E-state index in [1.807, 2.05) is 53.6 Å². The lowest BCUT2D eigenvalue weighted by Gasteiger charge is -2.31. The average Bonchev–Trinajstić information content (AvgIpc) is 2.70. The molecule has 0 aromatic heterocycles. The molecule has 4 rings (SSSR count). The molecule has 0 spiro atoms. The SMILES string of the molecule is CCCc1cc(C)ccc1Oc1ccc(C2=CC=CN3CCS(=O)(=O)C=C23)cc1. The van der Waals surface area contributed by atoms with Gasteiger partial charge in [0.15, 0.2) is 9.84 Å². The molecule has 4 nitrogen and oxygen atoms in total. The minimum Gasteiger partial charge on any atom is -0.457 e. The maximum atomic E-state index is 12.1. The summed E-state index contributed by atoms with van der Waals surface area (Å²) in [7, 11) is -3.16. The molecule has 0 amide bonds. The molecule has 2 aromatic carbocycles. The Labute approximate surface area is 172 Å². The first kappa shape index (κ1) is 19.5. The number of benzene rings is 2. The molecule has 2 heterocycles. The van der Waals surface area contributed by atoms with Crippen LogP contribution in [-0.2, 0) is 16.3 Å². The Morgan fingerprint density at radius 1 is 1.10 bits per heavy atom. The summed E-state index contributed by atoms with van der Waals surface area (Å²) in [4.78, 5) is 1.99. The Morgan fingerprint density at radius 2 is 1.90 bits per heavy atom. The summed E-state index contributed by atoms with van der Waals surface area (Å²) in [6, 6.07) is 14.1. The first-order chi connectivity index (χ1) is 13.9. The number of rotatable bonds is 5. The van der Waals surface area contributed by atoms with Gasteiger partial charge >= 0.3 is 0 Å². The summed E-state index contributed by atoms with van der Waals surface area (Å²) >= 11 is 0. The lowest BCUT2D eigenvalue weighted by molar-refractivity contribution is 0.475. The van der Waals surface area contributed by atoms with Gasteiger partial charge < -0.3 is 9.64 Å². The van der Waals surface area contributed by atoms with Gasteiger partial charge in [-0.05, 0) is 48.7 Å². The Balaban J connectivity index is 1.60. The number of hydrogen-bond donors (Lipinski definition) is 0. The molecule has 0 aliphatic carbocycles. The zero-order valence-electron chi connectivity index (χ0n) is 16.8. The molecule has 2 aliphatic heterocycles. The van der Waals surface area contributed by atoms with Crippen molar-refractivity contribution < 1.29 is 13.2 Å². The fraction of sp³-hybridized carbons (Fsp3) is 0.250. The maximum absolute atomic E-state index is 12.1. The third-order valence-corrected chi connectivity index (χ3v) is 6.48. The fourth-order valence-corrected chi connectivity index (χ4v) is 4.86. The molecule has 0 radical (unpaired) electrons. The molecule has 0 atom stereocenters. The Bertz CT molecular complexity index is 1110. The molecule has 0 unspecified atom stereocenters. The Kier molecular flexibility index (Phi) is 5.33. The van der Waals surface area contributed by atoms with Gasteiger partial charge in [0.05, 0.1) is 16.9 Å². The second-order valence-corrected chi connectivity index (χ2v) is 9.44. The highest BCUT2D eigenvalue weighted by Gasteiger charge is 2.25.